The van der Waals surface area contributed by atoms with Crippen LogP contribution in [0.15, 0.2) is 18.2 Å². The van der Waals surface area contributed by atoms with E-state index in [1.54, 1.807) is 22.6 Å². The van der Waals surface area contributed by atoms with Gasteiger partial charge in [-0.1, -0.05) is 12.1 Å². The second kappa shape index (κ2) is 3.88. The van der Waals surface area contributed by atoms with Crippen molar-refractivity contribution in [2.75, 3.05) is 0 Å². The minimum absolute atomic E-state index is 0.0369. The molecule has 0 saturated carbocycles. The number of ketones is 1. The quantitative estimate of drug-likeness (QED) is 0.573. The second-order valence-electron chi connectivity index (χ2n) is 2.72. The Kier molecular flexibility index (Phi) is 3.18. The van der Waals surface area contributed by atoms with Crippen molar-refractivity contribution in [3.63, 3.8) is 0 Å². The van der Waals surface area contributed by atoms with Crippen LogP contribution in [0.5, 0.6) is 0 Å². The predicted octanol–water partition coefficient (Wildman–Crippen LogP) is 3.51. The molecule has 0 atom stereocenters. The van der Waals surface area contributed by atoms with E-state index in [0.29, 0.717) is 0 Å². The Hall–Kier alpha value is -0.590. The average Bonchev–Trinajstić information content (AvgIpc) is 2.01. The summed E-state index contributed by atoms with van der Waals surface area (Å²) in [5.41, 5.74) is -0.647. The topological polar surface area (TPSA) is 17.1 Å². The molecule has 1 rings (SSSR count). The Morgan fingerprint density at radius 3 is 2.36 bits per heavy atom. The van der Waals surface area contributed by atoms with Gasteiger partial charge < -0.3 is 0 Å². The van der Waals surface area contributed by atoms with E-state index in [0.717, 1.165) is 6.07 Å². The molecule has 76 valence electrons. The molecule has 0 heterocycles. The number of halogens is 4. The molecule has 0 spiro atoms. The van der Waals surface area contributed by atoms with E-state index in [9.17, 15) is 18.0 Å². The minimum atomic E-state index is -4.40. The smallest absolute Gasteiger partial charge is 0.294 e. The van der Waals surface area contributed by atoms with Crippen LogP contribution in [-0.2, 0) is 6.18 Å². The molecule has 14 heavy (non-hydrogen) atoms. The predicted molar refractivity (Wildman–Crippen MR) is 54.2 cm³/mol. The number of hydrogen-bond acceptors (Lipinski definition) is 1. The van der Waals surface area contributed by atoms with E-state index in [2.05, 4.69) is 0 Å². The van der Waals surface area contributed by atoms with E-state index in [1.807, 2.05) is 0 Å². The van der Waals surface area contributed by atoms with Crippen LogP contribution >= 0.6 is 22.6 Å². The van der Waals surface area contributed by atoms with Crippen LogP contribution in [0.4, 0.5) is 13.2 Å². The third-order valence-corrected chi connectivity index (χ3v) is 2.85. The fraction of sp³-hybridized carbons (Fsp3) is 0.222. The Bertz CT molecular complexity index is 371. The van der Waals surface area contributed by atoms with Crippen LogP contribution in [-0.4, -0.2) is 5.78 Å². The molecule has 0 aromatic heterocycles. The first-order valence-electron chi connectivity index (χ1n) is 3.70. The molecule has 0 unspecified atom stereocenters. The largest absolute Gasteiger partial charge is 0.417 e. The van der Waals surface area contributed by atoms with Gasteiger partial charge in [0.1, 0.15) is 0 Å². The van der Waals surface area contributed by atoms with Crippen molar-refractivity contribution in [2.24, 2.45) is 0 Å². The molecular weight excluding hydrogens is 308 g/mol. The lowest BCUT2D eigenvalue weighted by Crippen LogP contribution is -2.10. The third kappa shape index (κ3) is 2.26. The maximum absolute atomic E-state index is 12.4. The molecular formula is C9H6F3IO. The molecule has 0 radical (unpaired) electrons. The summed E-state index contributed by atoms with van der Waals surface area (Å²) in [4.78, 5) is 11.0. The standard InChI is InChI=1S/C9H6F3IO/c1-5(14)6-3-2-4-7(8(6)13)9(10,11)12/h2-4H,1H3. The highest BCUT2D eigenvalue weighted by atomic mass is 127. The molecule has 0 N–H and O–H groups in total. The normalized spacial score (nSPS) is 11.5. The zero-order valence-electron chi connectivity index (χ0n) is 7.15. The van der Waals surface area contributed by atoms with Gasteiger partial charge in [0.15, 0.2) is 5.78 Å². The van der Waals surface area contributed by atoms with Gasteiger partial charge in [0.2, 0.25) is 0 Å². The number of rotatable bonds is 1. The number of alkyl halides is 3. The lowest BCUT2D eigenvalue weighted by atomic mass is 10.1. The number of carbonyl (C=O) groups is 1. The highest BCUT2D eigenvalue weighted by Crippen LogP contribution is 2.34. The zero-order chi connectivity index (χ0) is 10.9. The van der Waals surface area contributed by atoms with Crippen molar-refractivity contribution in [1.29, 1.82) is 0 Å². The molecule has 0 aliphatic carbocycles. The summed E-state index contributed by atoms with van der Waals surface area (Å²) in [6.45, 7) is 1.25. The van der Waals surface area contributed by atoms with Crippen molar-refractivity contribution in [2.45, 2.75) is 13.1 Å². The highest BCUT2D eigenvalue weighted by Gasteiger charge is 2.33. The van der Waals surface area contributed by atoms with Crippen molar-refractivity contribution >= 4 is 28.4 Å². The van der Waals surface area contributed by atoms with Gasteiger partial charge in [0.25, 0.3) is 0 Å². The van der Waals surface area contributed by atoms with Gasteiger partial charge in [-0.3, -0.25) is 4.79 Å². The molecule has 1 aromatic rings. The first-order chi connectivity index (χ1) is 6.34. The summed E-state index contributed by atoms with van der Waals surface area (Å²) in [7, 11) is 0. The van der Waals surface area contributed by atoms with Gasteiger partial charge in [0.05, 0.1) is 5.56 Å². The number of benzene rings is 1. The molecule has 0 aliphatic heterocycles. The van der Waals surface area contributed by atoms with Gasteiger partial charge in [-0.2, -0.15) is 13.2 Å². The Morgan fingerprint density at radius 2 is 1.93 bits per heavy atom. The fourth-order valence-electron chi connectivity index (χ4n) is 1.02. The van der Waals surface area contributed by atoms with Crippen molar-refractivity contribution in [3.8, 4) is 0 Å². The Balaban J connectivity index is 3.35. The van der Waals surface area contributed by atoms with Crippen molar-refractivity contribution in [1.82, 2.24) is 0 Å². The van der Waals surface area contributed by atoms with Gasteiger partial charge in [0, 0.05) is 9.13 Å². The molecule has 0 amide bonds. The molecule has 5 heteroatoms. The number of carbonyl (C=O) groups excluding carboxylic acids is 1. The van der Waals surface area contributed by atoms with E-state index in [1.165, 1.54) is 19.1 Å². The van der Waals surface area contributed by atoms with Gasteiger partial charge in [-0.05, 0) is 35.6 Å². The summed E-state index contributed by atoms with van der Waals surface area (Å²) in [6.07, 6.45) is -4.40. The van der Waals surface area contributed by atoms with Gasteiger partial charge >= 0.3 is 6.18 Å². The maximum atomic E-state index is 12.4. The van der Waals surface area contributed by atoms with Crippen LogP contribution in [0.1, 0.15) is 22.8 Å². The second-order valence-corrected chi connectivity index (χ2v) is 3.80. The molecule has 1 nitrogen and oxygen atoms in total. The van der Waals surface area contributed by atoms with Crippen LogP contribution in [0, 0.1) is 3.57 Å². The minimum Gasteiger partial charge on any atom is -0.294 e. The lowest BCUT2D eigenvalue weighted by Gasteiger charge is -2.10. The molecule has 0 aliphatic rings. The van der Waals surface area contributed by atoms with Crippen molar-refractivity contribution in [3.05, 3.63) is 32.9 Å². The van der Waals surface area contributed by atoms with Gasteiger partial charge in [-0.25, -0.2) is 0 Å². The summed E-state index contributed by atoms with van der Waals surface area (Å²) < 4.78 is 37.1. The first-order valence-corrected chi connectivity index (χ1v) is 4.78. The fourth-order valence-corrected chi connectivity index (χ4v) is 2.07. The van der Waals surface area contributed by atoms with E-state index in [4.69, 9.17) is 0 Å². The van der Waals surface area contributed by atoms with E-state index < -0.39 is 11.7 Å². The maximum Gasteiger partial charge on any atom is 0.417 e. The monoisotopic (exact) mass is 314 g/mol. The average molecular weight is 314 g/mol. The molecule has 0 bridgehead atoms. The van der Waals surface area contributed by atoms with Crippen molar-refractivity contribution < 1.29 is 18.0 Å². The Morgan fingerprint density at radius 1 is 1.36 bits per heavy atom. The van der Waals surface area contributed by atoms with Crippen LogP contribution in [0.3, 0.4) is 0 Å². The summed E-state index contributed by atoms with van der Waals surface area (Å²) >= 11 is 1.54. The number of Topliss-reactive ketones (excluding diaryl/α,β-unsaturated/α-hetero) is 1. The first kappa shape index (κ1) is 11.5. The lowest BCUT2D eigenvalue weighted by molar-refractivity contribution is -0.138. The van der Waals surface area contributed by atoms with Gasteiger partial charge in [-0.15, -0.1) is 0 Å². The molecule has 1 aromatic carbocycles. The summed E-state index contributed by atoms with van der Waals surface area (Å²) in [6, 6.07) is 3.59. The van der Waals surface area contributed by atoms with Crippen LogP contribution in [0.2, 0.25) is 0 Å². The molecule has 0 fully saturated rings. The Labute approximate surface area is 92.4 Å². The summed E-state index contributed by atoms with van der Waals surface area (Å²) in [5.74, 6) is -0.361. The third-order valence-electron chi connectivity index (χ3n) is 1.68. The summed E-state index contributed by atoms with van der Waals surface area (Å²) in [5, 5.41) is 0. The van der Waals surface area contributed by atoms with Crippen LogP contribution in [0.25, 0.3) is 0 Å². The van der Waals surface area contributed by atoms with E-state index in [-0.39, 0.29) is 14.9 Å². The SMILES string of the molecule is CC(=O)c1cccc(C(F)(F)F)c1I. The highest BCUT2D eigenvalue weighted by molar-refractivity contribution is 14.1. The number of hydrogen-bond donors (Lipinski definition) is 0. The zero-order valence-corrected chi connectivity index (χ0v) is 9.31. The van der Waals surface area contributed by atoms with Crippen LogP contribution < -0.4 is 0 Å². The van der Waals surface area contributed by atoms with E-state index >= 15 is 0 Å². The molecule has 0 saturated heterocycles.